The molecule has 0 spiro atoms. The molecule has 0 fully saturated rings. The van der Waals surface area contributed by atoms with Crippen molar-refractivity contribution in [2.45, 2.75) is 12.5 Å². The molecule has 1 heterocycles. The first-order valence-corrected chi connectivity index (χ1v) is 6.34. The van der Waals surface area contributed by atoms with E-state index in [2.05, 4.69) is 17.6 Å². The Morgan fingerprint density at radius 2 is 2.06 bits per heavy atom. The van der Waals surface area contributed by atoms with E-state index in [4.69, 9.17) is 10.6 Å². The lowest BCUT2D eigenvalue weighted by atomic mass is 10.1. The first-order valence-electron chi connectivity index (χ1n) is 5.46. The fourth-order valence-electron chi connectivity index (χ4n) is 1.81. The SMILES string of the molecule is COc1ccsc1C(Cc1ccccc1)NN. The van der Waals surface area contributed by atoms with Gasteiger partial charge in [-0.2, -0.15) is 0 Å². The third-order valence-corrected chi connectivity index (χ3v) is 3.69. The Morgan fingerprint density at radius 3 is 2.71 bits per heavy atom. The number of benzene rings is 1. The molecule has 2 rings (SSSR count). The average molecular weight is 248 g/mol. The molecule has 90 valence electrons. The van der Waals surface area contributed by atoms with E-state index in [0.29, 0.717) is 0 Å². The summed E-state index contributed by atoms with van der Waals surface area (Å²) in [6.45, 7) is 0. The summed E-state index contributed by atoms with van der Waals surface area (Å²) in [5.74, 6) is 6.53. The summed E-state index contributed by atoms with van der Waals surface area (Å²) in [7, 11) is 1.68. The second-order valence-corrected chi connectivity index (χ2v) is 4.71. The van der Waals surface area contributed by atoms with Crippen LogP contribution in [0.2, 0.25) is 0 Å². The van der Waals surface area contributed by atoms with Crippen LogP contribution in [0.5, 0.6) is 5.75 Å². The van der Waals surface area contributed by atoms with Crippen LogP contribution in [0.1, 0.15) is 16.5 Å². The lowest BCUT2D eigenvalue weighted by molar-refractivity contribution is 0.403. The number of nitrogens with one attached hydrogen (secondary N) is 1. The van der Waals surface area contributed by atoms with Crippen LogP contribution in [-0.2, 0) is 6.42 Å². The molecule has 0 aliphatic rings. The number of hydrogen-bond donors (Lipinski definition) is 2. The van der Waals surface area contributed by atoms with E-state index < -0.39 is 0 Å². The van der Waals surface area contributed by atoms with Crippen molar-refractivity contribution in [2.24, 2.45) is 5.84 Å². The van der Waals surface area contributed by atoms with Crippen LogP contribution in [0.15, 0.2) is 41.8 Å². The van der Waals surface area contributed by atoms with Gasteiger partial charge in [-0.1, -0.05) is 30.3 Å². The Bertz CT molecular complexity index is 455. The van der Waals surface area contributed by atoms with Gasteiger partial charge in [0.25, 0.3) is 0 Å². The average Bonchev–Trinajstić information content (AvgIpc) is 2.85. The lowest BCUT2D eigenvalue weighted by Gasteiger charge is -2.16. The van der Waals surface area contributed by atoms with Crippen LogP contribution >= 0.6 is 11.3 Å². The molecule has 0 aliphatic carbocycles. The predicted molar refractivity (Wildman–Crippen MR) is 71.1 cm³/mol. The van der Waals surface area contributed by atoms with Gasteiger partial charge in [0.2, 0.25) is 0 Å². The molecular weight excluding hydrogens is 232 g/mol. The quantitative estimate of drug-likeness (QED) is 0.631. The minimum absolute atomic E-state index is 0.0901. The van der Waals surface area contributed by atoms with Gasteiger partial charge in [0.15, 0.2) is 0 Å². The first-order chi connectivity index (χ1) is 8.35. The van der Waals surface area contributed by atoms with E-state index in [0.717, 1.165) is 17.0 Å². The summed E-state index contributed by atoms with van der Waals surface area (Å²) in [5, 5.41) is 2.02. The third-order valence-electron chi connectivity index (χ3n) is 2.68. The number of rotatable bonds is 5. The van der Waals surface area contributed by atoms with E-state index in [1.165, 1.54) is 5.56 Å². The van der Waals surface area contributed by atoms with E-state index in [1.54, 1.807) is 18.4 Å². The zero-order chi connectivity index (χ0) is 12.1. The van der Waals surface area contributed by atoms with Crippen molar-refractivity contribution >= 4 is 11.3 Å². The molecule has 3 nitrogen and oxygen atoms in total. The number of ether oxygens (including phenoxy) is 1. The number of hydrogen-bond acceptors (Lipinski definition) is 4. The second-order valence-electron chi connectivity index (χ2n) is 3.76. The van der Waals surface area contributed by atoms with Crippen LogP contribution < -0.4 is 16.0 Å². The largest absolute Gasteiger partial charge is 0.496 e. The second kappa shape index (κ2) is 5.82. The zero-order valence-electron chi connectivity index (χ0n) is 9.72. The molecule has 1 unspecified atom stereocenters. The zero-order valence-corrected chi connectivity index (χ0v) is 10.5. The molecule has 1 aromatic carbocycles. The van der Waals surface area contributed by atoms with Gasteiger partial charge in [-0.3, -0.25) is 11.3 Å². The predicted octanol–water partition coefficient (Wildman–Crippen LogP) is 2.50. The monoisotopic (exact) mass is 248 g/mol. The summed E-state index contributed by atoms with van der Waals surface area (Å²) in [4.78, 5) is 1.14. The van der Waals surface area contributed by atoms with Crippen LogP contribution in [0.4, 0.5) is 0 Å². The molecule has 0 aliphatic heterocycles. The highest BCUT2D eigenvalue weighted by molar-refractivity contribution is 7.10. The van der Waals surface area contributed by atoms with Gasteiger partial charge in [0.1, 0.15) is 5.75 Å². The maximum Gasteiger partial charge on any atom is 0.134 e. The summed E-state index contributed by atoms with van der Waals surface area (Å²) >= 11 is 1.66. The van der Waals surface area contributed by atoms with Gasteiger partial charge in [-0.05, 0) is 23.4 Å². The fourth-order valence-corrected chi connectivity index (χ4v) is 2.73. The molecular formula is C13H16N2OS. The van der Waals surface area contributed by atoms with E-state index in [-0.39, 0.29) is 6.04 Å². The molecule has 0 radical (unpaired) electrons. The Balaban J connectivity index is 2.17. The number of thiophene rings is 1. The fraction of sp³-hybridized carbons (Fsp3) is 0.231. The molecule has 4 heteroatoms. The van der Waals surface area contributed by atoms with Gasteiger partial charge < -0.3 is 4.74 Å². The van der Waals surface area contributed by atoms with Crippen molar-refractivity contribution < 1.29 is 4.74 Å². The van der Waals surface area contributed by atoms with Crippen LogP contribution in [0.25, 0.3) is 0 Å². The molecule has 0 amide bonds. The van der Waals surface area contributed by atoms with Gasteiger partial charge in [0, 0.05) is 0 Å². The summed E-state index contributed by atoms with van der Waals surface area (Å²) in [6.07, 6.45) is 0.855. The van der Waals surface area contributed by atoms with Crippen LogP contribution in [0.3, 0.4) is 0 Å². The Hall–Kier alpha value is -1.36. The van der Waals surface area contributed by atoms with Crippen molar-refractivity contribution in [3.63, 3.8) is 0 Å². The van der Waals surface area contributed by atoms with Crippen molar-refractivity contribution in [2.75, 3.05) is 7.11 Å². The number of nitrogens with two attached hydrogens (primary N) is 1. The minimum Gasteiger partial charge on any atom is -0.496 e. The molecule has 0 saturated heterocycles. The molecule has 17 heavy (non-hydrogen) atoms. The molecule has 1 aromatic heterocycles. The van der Waals surface area contributed by atoms with Gasteiger partial charge in [0.05, 0.1) is 18.0 Å². The highest BCUT2D eigenvalue weighted by Gasteiger charge is 2.16. The Labute approximate surface area is 105 Å². The normalized spacial score (nSPS) is 12.4. The van der Waals surface area contributed by atoms with Crippen LogP contribution in [-0.4, -0.2) is 7.11 Å². The third kappa shape index (κ3) is 2.85. The van der Waals surface area contributed by atoms with Crippen LogP contribution in [0, 0.1) is 0 Å². The molecule has 0 saturated carbocycles. The van der Waals surface area contributed by atoms with Crippen molar-refractivity contribution in [3.8, 4) is 5.75 Å². The van der Waals surface area contributed by atoms with Gasteiger partial charge in [-0.15, -0.1) is 11.3 Å². The number of methoxy groups -OCH3 is 1. The smallest absolute Gasteiger partial charge is 0.134 e. The minimum atomic E-state index is 0.0901. The lowest BCUT2D eigenvalue weighted by Crippen LogP contribution is -2.29. The van der Waals surface area contributed by atoms with E-state index in [9.17, 15) is 0 Å². The standard InChI is InChI=1S/C13H16N2OS/c1-16-12-7-8-17-13(12)11(15-14)9-10-5-3-2-4-6-10/h2-8,11,15H,9,14H2,1H3. The van der Waals surface area contributed by atoms with Crippen molar-refractivity contribution in [3.05, 3.63) is 52.2 Å². The van der Waals surface area contributed by atoms with Crippen molar-refractivity contribution in [1.82, 2.24) is 5.43 Å². The van der Waals surface area contributed by atoms with Gasteiger partial charge >= 0.3 is 0 Å². The summed E-state index contributed by atoms with van der Waals surface area (Å²) in [5.41, 5.74) is 4.11. The highest BCUT2D eigenvalue weighted by atomic mass is 32.1. The Kier molecular flexibility index (Phi) is 4.14. The summed E-state index contributed by atoms with van der Waals surface area (Å²) in [6, 6.07) is 12.3. The highest BCUT2D eigenvalue weighted by Crippen LogP contribution is 2.32. The molecule has 1 atom stereocenters. The molecule has 0 bridgehead atoms. The first kappa shape index (κ1) is 12.1. The molecule has 3 N–H and O–H groups in total. The topological polar surface area (TPSA) is 47.3 Å². The Morgan fingerprint density at radius 1 is 1.29 bits per heavy atom. The molecule has 2 aromatic rings. The number of hydrazine groups is 1. The summed E-state index contributed by atoms with van der Waals surface area (Å²) < 4.78 is 5.32. The van der Waals surface area contributed by atoms with Crippen molar-refractivity contribution in [1.29, 1.82) is 0 Å². The van der Waals surface area contributed by atoms with Gasteiger partial charge in [-0.25, -0.2) is 0 Å². The maximum atomic E-state index is 5.64. The van der Waals surface area contributed by atoms with E-state index in [1.807, 2.05) is 29.6 Å². The maximum absolute atomic E-state index is 5.64. The van der Waals surface area contributed by atoms with E-state index >= 15 is 0 Å².